The van der Waals surface area contributed by atoms with E-state index in [-0.39, 0.29) is 48.2 Å². The lowest BCUT2D eigenvalue weighted by Crippen LogP contribution is -2.62. The van der Waals surface area contributed by atoms with Crippen molar-refractivity contribution in [3.8, 4) is 0 Å². The summed E-state index contributed by atoms with van der Waals surface area (Å²) in [4.78, 5) is 17.7. The number of sulfonamides is 1. The predicted octanol–water partition coefficient (Wildman–Crippen LogP) is 2.32. The zero-order valence-corrected chi connectivity index (χ0v) is 21.9. The Morgan fingerprint density at radius 2 is 1.75 bits per heavy atom. The van der Waals surface area contributed by atoms with Gasteiger partial charge in [-0.15, -0.1) is 0 Å². The molecule has 1 aromatic rings. The van der Waals surface area contributed by atoms with Gasteiger partial charge < -0.3 is 19.5 Å². The van der Waals surface area contributed by atoms with E-state index >= 15 is 0 Å². The average molecular weight is 540 g/mol. The number of benzene rings is 1. The quantitative estimate of drug-likeness (QED) is 0.567. The van der Waals surface area contributed by atoms with E-state index in [4.69, 9.17) is 21.1 Å². The van der Waals surface area contributed by atoms with Crippen LogP contribution < -0.4 is 0 Å². The molecular formula is C25H34ClN3O6S. The molecule has 5 fully saturated rings. The van der Waals surface area contributed by atoms with Crippen molar-refractivity contribution in [3.05, 3.63) is 29.3 Å². The summed E-state index contributed by atoms with van der Waals surface area (Å²) in [5.41, 5.74) is -0.870. The van der Waals surface area contributed by atoms with E-state index in [0.29, 0.717) is 44.1 Å². The molecule has 6 rings (SSSR count). The molecule has 3 aliphatic heterocycles. The summed E-state index contributed by atoms with van der Waals surface area (Å²) in [5.74, 6) is 0.261. The van der Waals surface area contributed by atoms with Crippen LogP contribution in [0.1, 0.15) is 38.5 Å². The minimum absolute atomic E-state index is 0.113. The number of hydrogen-bond donors (Lipinski definition) is 1. The van der Waals surface area contributed by atoms with E-state index in [1.54, 1.807) is 33.5 Å². The normalized spacial score (nSPS) is 32.4. The lowest BCUT2D eigenvalue weighted by atomic mass is 10.0. The minimum Gasteiger partial charge on any atom is -0.441 e. The SMILES string of the molecule is O=C(OC1([C@H]2COC[C@@H](C3CC3)N2S(=O)(=O)c2ccc(Cl)cc2)CC1)N1C[C@H]2CC[C@@H](C1)N2CCO. The smallest absolute Gasteiger partial charge is 0.410 e. The molecule has 5 aliphatic rings. The molecule has 0 spiro atoms. The highest BCUT2D eigenvalue weighted by molar-refractivity contribution is 7.89. The van der Waals surface area contributed by atoms with Gasteiger partial charge in [-0.05, 0) is 68.7 Å². The summed E-state index contributed by atoms with van der Waals surface area (Å²) >= 11 is 6.02. The van der Waals surface area contributed by atoms with E-state index < -0.39 is 21.7 Å². The fraction of sp³-hybridized carbons (Fsp3) is 0.720. The van der Waals surface area contributed by atoms with Crippen molar-refractivity contribution in [2.75, 3.05) is 39.5 Å². The fourth-order valence-electron chi connectivity index (χ4n) is 6.45. The van der Waals surface area contributed by atoms with Gasteiger partial charge in [-0.25, -0.2) is 13.2 Å². The van der Waals surface area contributed by atoms with Crippen molar-refractivity contribution >= 4 is 27.7 Å². The van der Waals surface area contributed by atoms with Crippen LogP contribution in [0, 0.1) is 5.92 Å². The molecule has 3 saturated heterocycles. The van der Waals surface area contributed by atoms with E-state index in [9.17, 15) is 18.3 Å². The van der Waals surface area contributed by atoms with E-state index in [2.05, 4.69) is 4.90 Å². The Kier molecular flexibility index (Phi) is 6.49. The summed E-state index contributed by atoms with van der Waals surface area (Å²) in [7, 11) is -3.85. The maximum atomic E-state index is 14.0. The summed E-state index contributed by atoms with van der Waals surface area (Å²) in [6, 6.07) is 5.91. The van der Waals surface area contributed by atoms with Crippen LogP contribution in [0.5, 0.6) is 0 Å². The van der Waals surface area contributed by atoms with Gasteiger partial charge in [0.1, 0.15) is 5.60 Å². The molecule has 36 heavy (non-hydrogen) atoms. The first-order chi connectivity index (χ1) is 17.3. The molecule has 11 heteroatoms. The number of rotatable bonds is 7. The lowest BCUT2D eigenvalue weighted by molar-refractivity contribution is -0.0781. The first-order valence-corrected chi connectivity index (χ1v) is 14.9. The van der Waals surface area contributed by atoms with Gasteiger partial charge in [-0.1, -0.05) is 11.6 Å². The fourth-order valence-corrected chi connectivity index (χ4v) is 8.47. The number of aliphatic hydroxyl groups is 1. The van der Waals surface area contributed by atoms with Gasteiger partial charge in [0, 0.05) is 36.7 Å². The Balaban J connectivity index is 1.23. The third-order valence-corrected chi connectivity index (χ3v) is 10.8. The molecule has 0 radical (unpaired) electrons. The van der Waals surface area contributed by atoms with Crippen molar-refractivity contribution in [3.63, 3.8) is 0 Å². The number of piperazine rings is 1. The Morgan fingerprint density at radius 1 is 1.08 bits per heavy atom. The van der Waals surface area contributed by atoms with Crippen LogP contribution in [0.25, 0.3) is 0 Å². The summed E-state index contributed by atoms with van der Waals surface area (Å²) in [5, 5.41) is 9.87. The van der Waals surface area contributed by atoms with Gasteiger partial charge in [0.2, 0.25) is 10.0 Å². The Bertz CT molecular complexity index is 1080. The summed E-state index contributed by atoms with van der Waals surface area (Å²) in [6.07, 6.45) is 4.83. The number of nitrogens with zero attached hydrogens (tertiary/aromatic N) is 3. The van der Waals surface area contributed by atoms with Crippen LogP contribution in [0.4, 0.5) is 4.79 Å². The van der Waals surface area contributed by atoms with Gasteiger partial charge in [-0.3, -0.25) is 4.90 Å². The van der Waals surface area contributed by atoms with E-state index in [1.165, 1.54) is 0 Å². The van der Waals surface area contributed by atoms with Gasteiger partial charge in [0.05, 0.1) is 36.8 Å². The van der Waals surface area contributed by atoms with Crippen molar-refractivity contribution in [2.24, 2.45) is 5.92 Å². The third kappa shape index (κ3) is 4.43. The molecule has 0 aromatic heterocycles. The number of hydrogen-bond acceptors (Lipinski definition) is 7. The standard InChI is InChI=1S/C25H34ClN3O6S/c26-18-3-7-21(8-4-18)36(32,33)29-22(17-1-2-17)15-34-16-23(29)25(9-10-25)35-24(31)27-13-19-5-6-20(14-27)28(19)11-12-30/h3-4,7-8,17,19-20,22-23,30H,1-2,5-6,9-16H2/t19-,20+,22-,23+/m0/s1. The van der Waals surface area contributed by atoms with Crippen molar-refractivity contribution in [1.29, 1.82) is 0 Å². The zero-order chi connectivity index (χ0) is 25.1. The molecule has 2 saturated carbocycles. The number of carbonyl (C=O) groups excluding carboxylic acids is 1. The number of morpholine rings is 1. The minimum atomic E-state index is -3.85. The van der Waals surface area contributed by atoms with E-state index in [0.717, 1.165) is 25.7 Å². The monoisotopic (exact) mass is 539 g/mol. The van der Waals surface area contributed by atoms with Crippen LogP contribution in [-0.4, -0.2) is 103 Å². The van der Waals surface area contributed by atoms with E-state index in [1.807, 2.05) is 0 Å². The molecule has 1 aromatic carbocycles. The summed E-state index contributed by atoms with van der Waals surface area (Å²) < 4.78 is 41.7. The van der Waals surface area contributed by atoms with Crippen LogP contribution in [0.15, 0.2) is 29.2 Å². The maximum Gasteiger partial charge on any atom is 0.410 e. The van der Waals surface area contributed by atoms with Crippen molar-refractivity contribution in [1.82, 2.24) is 14.1 Å². The molecule has 3 heterocycles. The predicted molar refractivity (Wildman–Crippen MR) is 132 cm³/mol. The Labute approximate surface area is 217 Å². The highest BCUT2D eigenvalue weighted by Gasteiger charge is 2.62. The van der Waals surface area contributed by atoms with Gasteiger partial charge in [0.25, 0.3) is 0 Å². The average Bonchev–Trinajstić information content (AvgIpc) is 3.79. The highest BCUT2D eigenvalue weighted by atomic mass is 35.5. The highest BCUT2D eigenvalue weighted by Crippen LogP contribution is 2.50. The Hall–Kier alpha value is -1.43. The number of carbonyl (C=O) groups is 1. The van der Waals surface area contributed by atoms with Crippen LogP contribution in [0.3, 0.4) is 0 Å². The second kappa shape index (κ2) is 9.39. The van der Waals surface area contributed by atoms with Gasteiger partial charge >= 0.3 is 6.09 Å². The maximum absolute atomic E-state index is 14.0. The molecular weight excluding hydrogens is 506 g/mol. The molecule has 1 amide bonds. The topological polar surface area (TPSA) is 99.6 Å². The van der Waals surface area contributed by atoms with Crippen LogP contribution in [0.2, 0.25) is 5.02 Å². The molecule has 1 N–H and O–H groups in total. The van der Waals surface area contributed by atoms with Crippen molar-refractivity contribution < 1.29 is 27.8 Å². The number of likely N-dealkylation sites (tertiary alicyclic amines) is 1. The number of halogens is 1. The molecule has 9 nitrogen and oxygen atoms in total. The zero-order valence-electron chi connectivity index (χ0n) is 20.3. The third-order valence-electron chi connectivity index (χ3n) is 8.64. The number of amides is 1. The Morgan fingerprint density at radius 3 is 2.33 bits per heavy atom. The van der Waals surface area contributed by atoms with Crippen molar-refractivity contribution in [2.45, 2.75) is 73.2 Å². The molecule has 198 valence electrons. The lowest BCUT2D eigenvalue weighted by Gasteiger charge is -2.45. The first-order valence-electron chi connectivity index (χ1n) is 13.0. The molecule has 2 bridgehead atoms. The largest absolute Gasteiger partial charge is 0.441 e. The van der Waals surface area contributed by atoms with Crippen LogP contribution in [-0.2, 0) is 19.5 Å². The van der Waals surface area contributed by atoms with Crippen LogP contribution >= 0.6 is 11.6 Å². The first kappa shape index (κ1) is 24.9. The second-order valence-corrected chi connectivity index (χ2v) is 13.2. The summed E-state index contributed by atoms with van der Waals surface area (Å²) in [6.45, 7) is 2.45. The molecule has 4 atom stereocenters. The second-order valence-electron chi connectivity index (χ2n) is 10.9. The number of aliphatic hydroxyl groups excluding tert-OH is 1. The molecule has 0 unspecified atom stereocenters. The van der Waals surface area contributed by atoms with Gasteiger partial charge in [-0.2, -0.15) is 4.31 Å². The number of fused-ring (bicyclic) bond motifs is 2. The number of ether oxygens (including phenoxy) is 2. The molecule has 2 aliphatic carbocycles. The van der Waals surface area contributed by atoms with Gasteiger partial charge in [0.15, 0.2) is 0 Å².